The van der Waals surface area contributed by atoms with E-state index in [1.165, 1.54) is 9.20 Å². The summed E-state index contributed by atoms with van der Waals surface area (Å²) in [6.07, 6.45) is 0. The van der Waals surface area contributed by atoms with Gasteiger partial charge in [-0.3, -0.25) is 14.3 Å². The molecule has 4 rings (SSSR count). The minimum atomic E-state index is -0.866. The van der Waals surface area contributed by atoms with Crippen molar-refractivity contribution in [2.24, 2.45) is 7.05 Å². The average Bonchev–Trinajstić information content (AvgIpc) is 3.28. The van der Waals surface area contributed by atoms with Gasteiger partial charge in [0.2, 0.25) is 0 Å². The van der Waals surface area contributed by atoms with Gasteiger partial charge in [-0.15, -0.1) is 5.10 Å². The zero-order chi connectivity index (χ0) is 23.0. The van der Waals surface area contributed by atoms with Gasteiger partial charge in [-0.05, 0) is 39.0 Å². The first-order valence-electron chi connectivity index (χ1n) is 9.78. The van der Waals surface area contributed by atoms with Crippen LogP contribution in [0.2, 0.25) is 0 Å². The smallest absolute Gasteiger partial charge is 0.378 e. The van der Waals surface area contributed by atoms with Crippen molar-refractivity contribution in [3.05, 3.63) is 69.7 Å². The highest BCUT2D eigenvalue weighted by Gasteiger charge is 2.21. The second-order valence-electron chi connectivity index (χ2n) is 7.25. The van der Waals surface area contributed by atoms with Gasteiger partial charge in [0, 0.05) is 18.4 Å². The van der Waals surface area contributed by atoms with Crippen LogP contribution >= 0.6 is 0 Å². The van der Waals surface area contributed by atoms with Gasteiger partial charge in [-0.1, -0.05) is 18.2 Å². The monoisotopic (exact) mass is 435 g/mol. The Hall–Kier alpha value is -4.28. The Morgan fingerprint density at radius 1 is 1.09 bits per heavy atom. The van der Waals surface area contributed by atoms with E-state index in [4.69, 9.17) is 4.74 Å². The Morgan fingerprint density at radius 3 is 2.53 bits per heavy atom. The number of carbonyl (C=O) groups is 2. The lowest BCUT2D eigenvalue weighted by atomic mass is 10.3. The topological polar surface area (TPSA) is 125 Å². The highest BCUT2D eigenvalue weighted by Crippen LogP contribution is 2.14. The minimum absolute atomic E-state index is 0.110. The van der Waals surface area contributed by atoms with Crippen molar-refractivity contribution in [2.45, 2.75) is 20.8 Å². The van der Waals surface area contributed by atoms with Gasteiger partial charge in [-0.2, -0.15) is 4.98 Å². The molecule has 0 aliphatic heterocycles. The van der Waals surface area contributed by atoms with Gasteiger partial charge in [-0.25, -0.2) is 19.0 Å². The minimum Gasteiger partial charge on any atom is -0.450 e. The molecule has 0 radical (unpaired) electrons. The molecule has 1 amide bonds. The summed E-state index contributed by atoms with van der Waals surface area (Å²) in [6.45, 7) is 4.73. The lowest BCUT2D eigenvalue weighted by Gasteiger charge is -2.07. The molecule has 11 heteroatoms. The number of nitrogens with one attached hydrogen (secondary N) is 1. The SMILES string of the molecule is Cc1cc(C)n2nc(C(=O)OCC(=O)Nc3c(C)n(C)n(-c4ccccc4)c3=O)nc2n1. The third-order valence-electron chi connectivity index (χ3n) is 4.95. The first-order chi connectivity index (χ1) is 15.3. The van der Waals surface area contributed by atoms with Crippen molar-refractivity contribution < 1.29 is 14.3 Å². The lowest BCUT2D eigenvalue weighted by molar-refractivity contribution is -0.119. The Kier molecular flexibility index (Phi) is 5.31. The average molecular weight is 435 g/mol. The fourth-order valence-electron chi connectivity index (χ4n) is 3.34. The fraction of sp³-hybridized carbons (Fsp3) is 0.238. The van der Waals surface area contributed by atoms with Gasteiger partial charge in [0.15, 0.2) is 6.61 Å². The van der Waals surface area contributed by atoms with Crippen LogP contribution in [0.3, 0.4) is 0 Å². The molecular formula is C21H21N7O4. The molecule has 0 saturated heterocycles. The molecule has 0 aliphatic rings. The second-order valence-corrected chi connectivity index (χ2v) is 7.25. The number of rotatable bonds is 5. The molecule has 0 atom stereocenters. The molecule has 0 unspecified atom stereocenters. The van der Waals surface area contributed by atoms with E-state index in [0.717, 1.165) is 11.4 Å². The van der Waals surface area contributed by atoms with Gasteiger partial charge in [0.05, 0.1) is 11.4 Å². The molecule has 11 nitrogen and oxygen atoms in total. The fourth-order valence-corrected chi connectivity index (χ4v) is 3.34. The van der Waals surface area contributed by atoms with E-state index in [9.17, 15) is 14.4 Å². The van der Waals surface area contributed by atoms with Gasteiger partial charge in [0.25, 0.3) is 23.1 Å². The quantitative estimate of drug-likeness (QED) is 0.469. The molecular weight excluding hydrogens is 414 g/mol. The van der Waals surface area contributed by atoms with Gasteiger partial charge >= 0.3 is 5.97 Å². The zero-order valence-electron chi connectivity index (χ0n) is 18.0. The number of hydrogen-bond donors (Lipinski definition) is 1. The molecule has 0 spiro atoms. The molecule has 0 fully saturated rings. The predicted molar refractivity (Wildman–Crippen MR) is 115 cm³/mol. The van der Waals surface area contributed by atoms with E-state index in [-0.39, 0.29) is 17.3 Å². The maximum absolute atomic E-state index is 12.9. The number of carbonyl (C=O) groups excluding carboxylic acids is 2. The van der Waals surface area contributed by atoms with Crippen molar-refractivity contribution in [2.75, 3.05) is 11.9 Å². The first kappa shape index (κ1) is 21.0. The standard InChI is InChI=1S/C21H21N7O4/c1-12-10-13(2)27-21(22-12)24-18(25-27)20(31)32-11-16(29)23-17-14(3)26(4)28(19(17)30)15-8-6-5-7-9-15/h5-10H,11H2,1-4H3,(H,23,29). The van der Waals surface area contributed by atoms with Crippen molar-refractivity contribution in [1.29, 1.82) is 0 Å². The summed E-state index contributed by atoms with van der Waals surface area (Å²) in [5.74, 6) is -1.46. The number of amides is 1. The van der Waals surface area contributed by atoms with Crippen LogP contribution in [0.5, 0.6) is 0 Å². The Bertz CT molecular complexity index is 1400. The number of fused-ring (bicyclic) bond motifs is 1. The van der Waals surface area contributed by atoms with Crippen LogP contribution in [-0.4, -0.2) is 47.4 Å². The number of aromatic nitrogens is 6. The van der Waals surface area contributed by atoms with Crippen molar-refractivity contribution >= 4 is 23.3 Å². The van der Waals surface area contributed by atoms with E-state index < -0.39 is 24.0 Å². The number of hydrogen-bond acceptors (Lipinski definition) is 7. The summed E-state index contributed by atoms with van der Waals surface area (Å²) in [7, 11) is 1.71. The number of ether oxygens (including phenoxy) is 1. The van der Waals surface area contributed by atoms with E-state index in [2.05, 4.69) is 20.4 Å². The van der Waals surface area contributed by atoms with Crippen molar-refractivity contribution in [1.82, 2.24) is 28.9 Å². The van der Waals surface area contributed by atoms with Crippen LogP contribution in [0.1, 0.15) is 27.7 Å². The Morgan fingerprint density at radius 2 is 1.81 bits per heavy atom. The number of anilines is 1. The molecule has 0 aliphatic carbocycles. The third kappa shape index (κ3) is 3.75. The maximum Gasteiger partial charge on any atom is 0.378 e. The van der Waals surface area contributed by atoms with Gasteiger partial charge < -0.3 is 10.1 Å². The first-order valence-corrected chi connectivity index (χ1v) is 9.78. The van der Waals surface area contributed by atoms with Crippen LogP contribution in [-0.2, 0) is 16.6 Å². The van der Waals surface area contributed by atoms with Crippen molar-refractivity contribution in [3.63, 3.8) is 0 Å². The largest absolute Gasteiger partial charge is 0.450 e. The van der Waals surface area contributed by atoms with E-state index in [1.807, 2.05) is 25.1 Å². The summed E-state index contributed by atoms with van der Waals surface area (Å²) in [5, 5.41) is 6.60. The van der Waals surface area contributed by atoms with Crippen LogP contribution < -0.4 is 10.9 Å². The molecule has 3 aromatic heterocycles. The molecule has 1 N–H and O–H groups in total. The molecule has 3 heterocycles. The van der Waals surface area contributed by atoms with E-state index >= 15 is 0 Å². The van der Waals surface area contributed by atoms with E-state index in [1.54, 1.807) is 43.8 Å². The number of benzene rings is 1. The molecule has 164 valence electrons. The number of esters is 1. The summed E-state index contributed by atoms with van der Waals surface area (Å²) < 4.78 is 9.53. The van der Waals surface area contributed by atoms with Crippen LogP contribution in [0, 0.1) is 20.8 Å². The molecule has 4 aromatic rings. The summed E-state index contributed by atoms with van der Waals surface area (Å²) >= 11 is 0. The van der Waals surface area contributed by atoms with Crippen LogP contribution in [0.15, 0.2) is 41.2 Å². The third-order valence-corrected chi connectivity index (χ3v) is 4.95. The Labute approximate surface area is 182 Å². The lowest BCUT2D eigenvalue weighted by Crippen LogP contribution is -2.26. The molecule has 0 saturated carbocycles. The van der Waals surface area contributed by atoms with Crippen LogP contribution in [0.4, 0.5) is 5.69 Å². The van der Waals surface area contributed by atoms with Crippen LogP contribution in [0.25, 0.3) is 11.5 Å². The number of nitrogens with zero attached hydrogens (tertiary/aromatic N) is 6. The highest BCUT2D eigenvalue weighted by atomic mass is 16.5. The number of para-hydroxylation sites is 1. The maximum atomic E-state index is 12.9. The zero-order valence-corrected chi connectivity index (χ0v) is 18.0. The Balaban J connectivity index is 1.47. The molecule has 32 heavy (non-hydrogen) atoms. The summed E-state index contributed by atoms with van der Waals surface area (Å²) in [4.78, 5) is 45.8. The summed E-state index contributed by atoms with van der Waals surface area (Å²) in [5.41, 5.74) is 2.42. The highest BCUT2D eigenvalue weighted by molar-refractivity contribution is 5.94. The molecule has 1 aromatic carbocycles. The predicted octanol–water partition coefficient (Wildman–Crippen LogP) is 1.33. The summed E-state index contributed by atoms with van der Waals surface area (Å²) in [6, 6.07) is 10.8. The van der Waals surface area contributed by atoms with Crippen molar-refractivity contribution in [3.8, 4) is 5.69 Å². The van der Waals surface area contributed by atoms with E-state index in [0.29, 0.717) is 11.4 Å². The normalized spacial score (nSPS) is 11.0. The number of aryl methyl sites for hydroxylation is 2. The second kappa shape index (κ2) is 8.10. The molecule has 0 bridgehead atoms. The van der Waals surface area contributed by atoms with Gasteiger partial charge in [0.1, 0.15) is 5.69 Å².